The van der Waals surface area contributed by atoms with E-state index in [0.29, 0.717) is 32.7 Å². The lowest BCUT2D eigenvalue weighted by Gasteiger charge is -2.07. The molecule has 3 heteroatoms. The van der Waals surface area contributed by atoms with Crippen LogP contribution in [0.25, 0.3) is 0 Å². The predicted octanol–water partition coefficient (Wildman–Crippen LogP) is 0.814. The van der Waals surface area contributed by atoms with Gasteiger partial charge in [0.1, 0.15) is 0 Å². The summed E-state index contributed by atoms with van der Waals surface area (Å²) in [4.78, 5) is 0. The van der Waals surface area contributed by atoms with E-state index in [1.54, 1.807) is 14.0 Å². The van der Waals surface area contributed by atoms with Gasteiger partial charge in [0.15, 0.2) is 0 Å². The van der Waals surface area contributed by atoms with Gasteiger partial charge in [-0.25, -0.2) is 0 Å². The molecule has 0 aromatic carbocycles. The van der Waals surface area contributed by atoms with Crippen LogP contribution < -0.4 is 0 Å². The van der Waals surface area contributed by atoms with E-state index in [0.717, 1.165) is 0 Å². The molecule has 0 aromatic heterocycles. The summed E-state index contributed by atoms with van der Waals surface area (Å²) in [6.07, 6.45) is 0.803. The average Bonchev–Trinajstić information content (AvgIpc) is 2.14. The molecule has 1 unspecified atom stereocenters. The van der Waals surface area contributed by atoms with E-state index in [-0.39, 0.29) is 6.10 Å². The lowest BCUT2D eigenvalue weighted by Crippen LogP contribution is -2.11. The fourth-order valence-electron chi connectivity index (χ4n) is 0.786. The van der Waals surface area contributed by atoms with Gasteiger partial charge in [-0.15, -0.1) is 11.8 Å². The lowest BCUT2D eigenvalue weighted by atomic mass is 10.2. The Kier molecular flexibility index (Phi) is 9.12. The van der Waals surface area contributed by atoms with E-state index < -0.39 is 0 Å². The fourth-order valence-corrected chi connectivity index (χ4v) is 0.786. The van der Waals surface area contributed by atoms with Crippen molar-refractivity contribution in [3.05, 3.63) is 0 Å². The molecule has 0 radical (unpaired) electrons. The number of ether oxygens (including phenoxy) is 2. The fraction of sp³-hybridized carbons (Fsp3) is 0.800. The highest BCUT2D eigenvalue weighted by Crippen LogP contribution is 1.96. The lowest BCUT2D eigenvalue weighted by molar-refractivity contribution is 0.0488. The first-order valence-corrected chi connectivity index (χ1v) is 4.45. The van der Waals surface area contributed by atoms with Crippen LogP contribution in [0.5, 0.6) is 0 Å². The minimum Gasteiger partial charge on any atom is -0.392 e. The number of hydrogen-bond acceptors (Lipinski definition) is 3. The van der Waals surface area contributed by atoms with Gasteiger partial charge in [0.05, 0.1) is 19.3 Å². The van der Waals surface area contributed by atoms with Crippen molar-refractivity contribution in [1.82, 2.24) is 0 Å². The van der Waals surface area contributed by atoms with Gasteiger partial charge >= 0.3 is 0 Å². The second-order valence-electron chi connectivity index (χ2n) is 2.68. The van der Waals surface area contributed by atoms with E-state index >= 15 is 0 Å². The number of aliphatic hydroxyl groups is 1. The number of methoxy groups -OCH3 is 1. The van der Waals surface area contributed by atoms with E-state index in [1.807, 2.05) is 0 Å². The summed E-state index contributed by atoms with van der Waals surface area (Å²) in [6, 6.07) is 0. The third-order valence-corrected chi connectivity index (χ3v) is 1.54. The maximum atomic E-state index is 9.32. The van der Waals surface area contributed by atoms with Crippen molar-refractivity contribution in [2.24, 2.45) is 0 Å². The number of aliphatic hydroxyl groups excluding tert-OH is 1. The van der Waals surface area contributed by atoms with Crippen molar-refractivity contribution in [1.29, 1.82) is 0 Å². The summed E-state index contributed by atoms with van der Waals surface area (Å²) in [6.45, 7) is 3.52. The monoisotopic (exact) mass is 186 g/mol. The molecule has 0 spiro atoms. The van der Waals surface area contributed by atoms with E-state index in [2.05, 4.69) is 11.8 Å². The summed E-state index contributed by atoms with van der Waals surface area (Å²) >= 11 is 0. The molecular formula is C10H18O3. The molecule has 76 valence electrons. The van der Waals surface area contributed by atoms with Crippen LogP contribution >= 0.6 is 0 Å². The van der Waals surface area contributed by atoms with Crippen LogP contribution in [-0.4, -0.2) is 38.1 Å². The van der Waals surface area contributed by atoms with Crippen LogP contribution in [-0.2, 0) is 9.47 Å². The first-order valence-electron chi connectivity index (χ1n) is 4.45. The zero-order chi connectivity index (χ0) is 9.94. The third kappa shape index (κ3) is 9.35. The van der Waals surface area contributed by atoms with Crippen LogP contribution in [0.1, 0.15) is 19.8 Å². The van der Waals surface area contributed by atoms with Crippen LogP contribution in [0.4, 0.5) is 0 Å². The van der Waals surface area contributed by atoms with Crippen molar-refractivity contribution in [2.45, 2.75) is 25.9 Å². The van der Waals surface area contributed by atoms with E-state index in [4.69, 9.17) is 9.47 Å². The topological polar surface area (TPSA) is 38.7 Å². The Balaban J connectivity index is 3.15. The molecule has 1 atom stereocenters. The molecule has 0 amide bonds. The van der Waals surface area contributed by atoms with Gasteiger partial charge in [-0.2, -0.15) is 0 Å². The van der Waals surface area contributed by atoms with Crippen LogP contribution in [0, 0.1) is 11.8 Å². The SMILES string of the molecule is CC#CCC(O)CCOCCOC. The van der Waals surface area contributed by atoms with Crippen molar-refractivity contribution in [2.75, 3.05) is 26.9 Å². The molecule has 0 heterocycles. The standard InChI is InChI=1S/C10H18O3/c1-3-4-5-10(11)6-7-13-9-8-12-2/h10-11H,5-9H2,1-2H3. The first-order chi connectivity index (χ1) is 6.31. The molecule has 0 bridgehead atoms. The molecular weight excluding hydrogens is 168 g/mol. The highest BCUT2D eigenvalue weighted by molar-refractivity contribution is 4.96. The Morgan fingerprint density at radius 3 is 2.69 bits per heavy atom. The molecule has 0 aliphatic carbocycles. The molecule has 0 aromatic rings. The Hall–Kier alpha value is -0.560. The van der Waals surface area contributed by atoms with Gasteiger partial charge in [-0.1, -0.05) is 0 Å². The zero-order valence-corrected chi connectivity index (χ0v) is 8.38. The molecule has 0 saturated carbocycles. The highest BCUT2D eigenvalue weighted by atomic mass is 16.5. The van der Waals surface area contributed by atoms with Crippen LogP contribution in [0.15, 0.2) is 0 Å². The summed E-state index contributed by atoms with van der Waals surface area (Å²) < 4.78 is 10.00. The molecule has 3 nitrogen and oxygen atoms in total. The maximum Gasteiger partial charge on any atom is 0.0700 e. The number of hydrogen-bond donors (Lipinski definition) is 1. The molecule has 13 heavy (non-hydrogen) atoms. The van der Waals surface area contributed by atoms with Crippen molar-refractivity contribution in [3.63, 3.8) is 0 Å². The summed E-state index contributed by atoms with van der Waals surface area (Å²) in [7, 11) is 1.63. The van der Waals surface area contributed by atoms with Crippen molar-refractivity contribution >= 4 is 0 Å². The Morgan fingerprint density at radius 1 is 1.31 bits per heavy atom. The molecule has 1 N–H and O–H groups in total. The van der Waals surface area contributed by atoms with E-state index in [9.17, 15) is 5.11 Å². The normalized spacial score (nSPS) is 11.9. The molecule has 0 aliphatic heterocycles. The van der Waals surface area contributed by atoms with Gasteiger partial charge < -0.3 is 14.6 Å². The highest BCUT2D eigenvalue weighted by Gasteiger charge is 2.00. The summed E-state index contributed by atoms with van der Waals surface area (Å²) in [5.41, 5.74) is 0. The Bertz CT molecular complexity index is 157. The van der Waals surface area contributed by atoms with Gasteiger partial charge in [0, 0.05) is 20.1 Å². The first kappa shape index (κ1) is 12.4. The Labute approximate surface area is 80.0 Å². The van der Waals surface area contributed by atoms with Crippen LogP contribution in [0.3, 0.4) is 0 Å². The van der Waals surface area contributed by atoms with Gasteiger partial charge in [0.2, 0.25) is 0 Å². The second-order valence-corrected chi connectivity index (χ2v) is 2.68. The smallest absolute Gasteiger partial charge is 0.0700 e. The quantitative estimate of drug-likeness (QED) is 0.472. The van der Waals surface area contributed by atoms with Gasteiger partial charge in [0.25, 0.3) is 0 Å². The third-order valence-electron chi connectivity index (χ3n) is 1.54. The Morgan fingerprint density at radius 2 is 2.08 bits per heavy atom. The number of rotatable bonds is 7. The minimum absolute atomic E-state index is 0.366. The molecule has 0 rings (SSSR count). The minimum atomic E-state index is -0.366. The van der Waals surface area contributed by atoms with E-state index in [1.165, 1.54) is 0 Å². The molecule has 0 aliphatic rings. The zero-order valence-electron chi connectivity index (χ0n) is 8.38. The van der Waals surface area contributed by atoms with Crippen molar-refractivity contribution < 1.29 is 14.6 Å². The average molecular weight is 186 g/mol. The maximum absolute atomic E-state index is 9.32. The molecule has 0 saturated heterocycles. The van der Waals surface area contributed by atoms with Gasteiger partial charge in [-0.3, -0.25) is 0 Å². The summed E-state index contributed by atoms with van der Waals surface area (Å²) in [5.74, 6) is 5.56. The van der Waals surface area contributed by atoms with Crippen molar-refractivity contribution in [3.8, 4) is 11.8 Å². The summed E-state index contributed by atoms with van der Waals surface area (Å²) in [5, 5.41) is 9.32. The molecule has 0 fully saturated rings. The van der Waals surface area contributed by atoms with Crippen LogP contribution in [0.2, 0.25) is 0 Å². The largest absolute Gasteiger partial charge is 0.392 e. The second kappa shape index (κ2) is 9.53. The van der Waals surface area contributed by atoms with Gasteiger partial charge in [-0.05, 0) is 13.3 Å². The predicted molar refractivity (Wildman–Crippen MR) is 51.4 cm³/mol.